The normalized spacial score (nSPS) is 11.8. The Morgan fingerprint density at radius 2 is 2.07 bits per heavy atom. The maximum absolute atomic E-state index is 12.0. The fourth-order valence-corrected chi connectivity index (χ4v) is 2.04. The standard InChI is InChI=1S/C8H8F3NOS/c1-4(13)7-5(2)14-6(12-7)3-8(9,10)11/h3H2,1-2H3. The number of aryl methyl sites for hydroxylation is 1. The summed E-state index contributed by atoms with van der Waals surface area (Å²) in [5.74, 6) is -0.299. The second kappa shape index (κ2) is 3.68. The van der Waals surface area contributed by atoms with Crippen LogP contribution in [0.3, 0.4) is 0 Å². The lowest BCUT2D eigenvalue weighted by molar-refractivity contribution is -0.127. The second-order valence-corrected chi connectivity index (χ2v) is 4.15. The van der Waals surface area contributed by atoms with Crippen LogP contribution >= 0.6 is 11.3 Å². The first-order valence-electron chi connectivity index (χ1n) is 3.83. The molecule has 1 aromatic rings. The third kappa shape index (κ3) is 2.80. The van der Waals surface area contributed by atoms with Crippen LogP contribution in [0.2, 0.25) is 0 Å². The van der Waals surface area contributed by atoms with Crippen molar-refractivity contribution in [2.75, 3.05) is 0 Å². The molecular formula is C8H8F3NOS. The van der Waals surface area contributed by atoms with E-state index in [2.05, 4.69) is 4.98 Å². The van der Waals surface area contributed by atoms with E-state index in [1.54, 1.807) is 6.92 Å². The SMILES string of the molecule is CC(=O)c1nc(CC(F)(F)F)sc1C. The van der Waals surface area contributed by atoms with E-state index >= 15 is 0 Å². The van der Waals surface area contributed by atoms with Crippen molar-refractivity contribution in [3.63, 3.8) is 0 Å². The molecule has 2 nitrogen and oxygen atoms in total. The number of rotatable bonds is 2. The summed E-state index contributed by atoms with van der Waals surface area (Å²) in [5.41, 5.74) is 0.147. The molecule has 6 heteroatoms. The molecule has 78 valence electrons. The zero-order valence-electron chi connectivity index (χ0n) is 7.60. The largest absolute Gasteiger partial charge is 0.395 e. The summed E-state index contributed by atoms with van der Waals surface area (Å²) < 4.78 is 35.9. The number of hydrogen-bond acceptors (Lipinski definition) is 3. The molecule has 1 aromatic heterocycles. The Morgan fingerprint density at radius 1 is 1.50 bits per heavy atom. The van der Waals surface area contributed by atoms with Crippen molar-refractivity contribution in [3.8, 4) is 0 Å². The minimum absolute atomic E-state index is 0.0554. The lowest BCUT2D eigenvalue weighted by Crippen LogP contribution is -2.11. The second-order valence-electron chi connectivity index (χ2n) is 2.86. The van der Waals surface area contributed by atoms with Gasteiger partial charge in [-0.3, -0.25) is 4.79 Å². The van der Waals surface area contributed by atoms with Gasteiger partial charge in [-0.2, -0.15) is 13.2 Å². The molecule has 1 heterocycles. The lowest BCUT2D eigenvalue weighted by Gasteiger charge is -2.01. The number of thiazole rings is 1. The molecule has 0 N–H and O–H groups in total. The van der Waals surface area contributed by atoms with E-state index in [0.29, 0.717) is 4.88 Å². The molecule has 0 radical (unpaired) electrons. The van der Waals surface area contributed by atoms with Crippen LogP contribution in [0.4, 0.5) is 13.2 Å². The van der Waals surface area contributed by atoms with E-state index in [1.807, 2.05) is 0 Å². The molecule has 0 aromatic carbocycles. The number of carbonyl (C=O) groups excluding carboxylic acids is 1. The molecule has 0 saturated carbocycles. The Hall–Kier alpha value is -0.910. The van der Waals surface area contributed by atoms with Gasteiger partial charge in [0, 0.05) is 11.8 Å². The van der Waals surface area contributed by atoms with Crippen molar-refractivity contribution in [1.29, 1.82) is 0 Å². The van der Waals surface area contributed by atoms with E-state index in [0.717, 1.165) is 11.3 Å². The Kier molecular flexibility index (Phi) is 2.94. The predicted octanol–water partition coefficient (Wildman–Crippen LogP) is 2.76. The minimum atomic E-state index is -4.27. The highest BCUT2D eigenvalue weighted by Crippen LogP contribution is 2.26. The first-order chi connectivity index (χ1) is 6.29. The third-order valence-electron chi connectivity index (χ3n) is 1.53. The van der Waals surface area contributed by atoms with Crippen molar-refractivity contribution in [1.82, 2.24) is 4.98 Å². The fraction of sp³-hybridized carbons (Fsp3) is 0.500. The average Bonchev–Trinajstić information content (AvgIpc) is 2.26. The number of hydrogen-bond donors (Lipinski definition) is 0. The van der Waals surface area contributed by atoms with Crippen LogP contribution < -0.4 is 0 Å². The first kappa shape index (κ1) is 11.2. The summed E-state index contributed by atoms with van der Waals surface area (Å²) >= 11 is 0.918. The van der Waals surface area contributed by atoms with Gasteiger partial charge in [-0.15, -0.1) is 11.3 Å². The van der Waals surface area contributed by atoms with Gasteiger partial charge in [0.2, 0.25) is 0 Å². The number of Topliss-reactive ketones (excluding diaryl/α,β-unsaturated/α-hetero) is 1. The number of alkyl halides is 3. The highest BCUT2D eigenvalue weighted by molar-refractivity contribution is 7.11. The highest BCUT2D eigenvalue weighted by Gasteiger charge is 2.30. The predicted molar refractivity (Wildman–Crippen MR) is 46.6 cm³/mol. The molecule has 0 bridgehead atoms. The van der Waals surface area contributed by atoms with Gasteiger partial charge >= 0.3 is 6.18 Å². The molecule has 0 saturated heterocycles. The number of carbonyl (C=O) groups is 1. The molecule has 0 atom stereocenters. The van der Waals surface area contributed by atoms with Crippen LogP contribution in [0, 0.1) is 6.92 Å². The number of ketones is 1. The van der Waals surface area contributed by atoms with Gasteiger partial charge in [0.1, 0.15) is 10.7 Å². The molecule has 1 rings (SSSR count). The van der Waals surface area contributed by atoms with Crippen molar-refractivity contribution < 1.29 is 18.0 Å². The van der Waals surface area contributed by atoms with Crippen LogP contribution in [-0.4, -0.2) is 16.9 Å². The number of nitrogens with zero attached hydrogens (tertiary/aromatic N) is 1. The van der Waals surface area contributed by atoms with Crippen LogP contribution in [0.1, 0.15) is 27.3 Å². The molecular weight excluding hydrogens is 215 g/mol. The number of halogens is 3. The minimum Gasteiger partial charge on any atom is -0.293 e. The first-order valence-corrected chi connectivity index (χ1v) is 4.65. The van der Waals surface area contributed by atoms with Crippen LogP contribution in [-0.2, 0) is 6.42 Å². The molecule has 0 aliphatic heterocycles. The van der Waals surface area contributed by atoms with Crippen LogP contribution in [0.5, 0.6) is 0 Å². The molecule has 0 amide bonds. The Bertz CT molecular complexity index is 356. The summed E-state index contributed by atoms with van der Waals surface area (Å²) in [7, 11) is 0. The zero-order chi connectivity index (χ0) is 10.9. The van der Waals surface area contributed by atoms with Crippen molar-refractivity contribution in [2.24, 2.45) is 0 Å². The van der Waals surface area contributed by atoms with E-state index in [9.17, 15) is 18.0 Å². The molecule has 14 heavy (non-hydrogen) atoms. The Labute approximate surface area is 82.8 Å². The summed E-state index contributed by atoms with van der Waals surface area (Å²) in [5, 5.41) is -0.0554. The molecule has 0 aliphatic carbocycles. The van der Waals surface area contributed by atoms with Crippen molar-refractivity contribution in [3.05, 3.63) is 15.6 Å². The fourth-order valence-electron chi connectivity index (χ4n) is 1.03. The summed E-state index contributed by atoms with van der Waals surface area (Å²) in [6.07, 6.45) is -5.33. The van der Waals surface area contributed by atoms with Gasteiger partial charge in [0.15, 0.2) is 5.78 Å². The molecule has 0 unspecified atom stereocenters. The average molecular weight is 223 g/mol. The van der Waals surface area contributed by atoms with Gasteiger partial charge in [0.05, 0.1) is 6.42 Å². The Morgan fingerprint density at radius 3 is 2.43 bits per heavy atom. The summed E-state index contributed by atoms with van der Waals surface area (Å²) in [6, 6.07) is 0. The van der Waals surface area contributed by atoms with Gasteiger partial charge in [-0.05, 0) is 6.92 Å². The van der Waals surface area contributed by atoms with E-state index in [-0.39, 0.29) is 16.5 Å². The number of aromatic nitrogens is 1. The zero-order valence-corrected chi connectivity index (χ0v) is 8.42. The smallest absolute Gasteiger partial charge is 0.293 e. The van der Waals surface area contributed by atoms with E-state index in [1.165, 1.54) is 6.92 Å². The quantitative estimate of drug-likeness (QED) is 0.721. The summed E-state index contributed by atoms with van der Waals surface area (Å²) in [4.78, 5) is 15.1. The Balaban J connectivity index is 2.92. The van der Waals surface area contributed by atoms with Gasteiger partial charge in [-0.25, -0.2) is 4.98 Å². The van der Waals surface area contributed by atoms with E-state index < -0.39 is 12.6 Å². The van der Waals surface area contributed by atoms with E-state index in [4.69, 9.17) is 0 Å². The van der Waals surface area contributed by atoms with Crippen LogP contribution in [0.25, 0.3) is 0 Å². The highest BCUT2D eigenvalue weighted by atomic mass is 32.1. The van der Waals surface area contributed by atoms with Gasteiger partial charge in [-0.1, -0.05) is 0 Å². The molecule has 0 fully saturated rings. The topological polar surface area (TPSA) is 30.0 Å². The maximum Gasteiger partial charge on any atom is 0.395 e. The molecule has 0 spiro atoms. The lowest BCUT2D eigenvalue weighted by atomic mass is 10.3. The van der Waals surface area contributed by atoms with Gasteiger partial charge in [0.25, 0.3) is 0 Å². The van der Waals surface area contributed by atoms with Gasteiger partial charge < -0.3 is 0 Å². The van der Waals surface area contributed by atoms with Crippen molar-refractivity contribution >= 4 is 17.1 Å². The maximum atomic E-state index is 12.0. The third-order valence-corrected chi connectivity index (χ3v) is 2.50. The summed E-state index contributed by atoms with van der Waals surface area (Å²) in [6.45, 7) is 2.88. The van der Waals surface area contributed by atoms with Crippen LogP contribution in [0.15, 0.2) is 0 Å². The monoisotopic (exact) mass is 223 g/mol. The molecule has 0 aliphatic rings. The van der Waals surface area contributed by atoms with Crippen molar-refractivity contribution in [2.45, 2.75) is 26.4 Å².